The van der Waals surface area contributed by atoms with Crippen LogP contribution in [0.3, 0.4) is 0 Å². The summed E-state index contributed by atoms with van der Waals surface area (Å²) < 4.78 is 10.8. The van der Waals surface area contributed by atoms with Crippen molar-refractivity contribution in [2.75, 3.05) is 13.2 Å². The molecule has 0 aliphatic heterocycles. The van der Waals surface area contributed by atoms with E-state index in [-0.39, 0.29) is 5.91 Å². The van der Waals surface area contributed by atoms with Crippen molar-refractivity contribution >= 4 is 5.91 Å². The van der Waals surface area contributed by atoms with Crippen LogP contribution in [0.1, 0.15) is 48.5 Å². The Labute approximate surface area is 149 Å². The molecule has 136 valence electrons. The molecular formula is C19H27N3O3. The average Bonchev–Trinajstić information content (AvgIpc) is 3.00. The molecule has 0 fully saturated rings. The average molecular weight is 345 g/mol. The van der Waals surface area contributed by atoms with Gasteiger partial charge in [-0.3, -0.25) is 4.79 Å². The SMILES string of the molecule is Cc1ccc(C)c(OCCCCC(=O)NCCCc2nc(C)no2)c1. The van der Waals surface area contributed by atoms with Crippen LogP contribution in [-0.4, -0.2) is 29.2 Å². The summed E-state index contributed by atoms with van der Waals surface area (Å²) in [4.78, 5) is 15.9. The molecule has 0 atom stereocenters. The number of nitrogens with one attached hydrogen (secondary N) is 1. The van der Waals surface area contributed by atoms with Crippen molar-refractivity contribution in [2.45, 2.75) is 52.9 Å². The predicted octanol–water partition coefficient (Wildman–Crippen LogP) is 3.29. The molecule has 0 spiro atoms. The highest BCUT2D eigenvalue weighted by Crippen LogP contribution is 2.19. The van der Waals surface area contributed by atoms with Crippen LogP contribution in [-0.2, 0) is 11.2 Å². The van der Waals surface area contributed by atoms with E-state index in [0.29, 0.717) is 37.7 Å². The van der Waals surface area contributed by atoms with Gasteiger partial charge in [-0.2, -0.15) is 4.98 Å². The van der Waals surface area contributed by atoms with Gasteiger partial charge in [-0.25, -0.2) is 0 Å². The summed E-state index contributed by atoms with van der Waals surface area (Å²) >= 11 is 0. The number of ether oxygens (including phenoxy) is 1. The van der Waals surface area contributed by atoms with Gasteiger partial charge in [-0.05, 0) is 57.2 Å². The van der Waals surface area contributed by atoms with Crippen LogP contribution in [0.25, 0.3) is 0 Å². The van der Waals surface area contributed by atoms with Crippen molar-refractivity contribution in [3.8, 4) is 5.75 Å². The summed E-state index contributed by atoms with van der Waals surface area (Å²) in [5.41, 5.74) is 2.33. The van der Waals surface area contributed by atoms with Crippen molar-refractivity contribution in [3.63, 3.8) is 0 Å². The fourth-order valence-corrected chi connectivity index (χ4v) is 2.43. The zero-order valence-electron chi connectivity index (χ0n) is 15.3. The molecule has 0 bridgehead atoms. The van der Waals surface area contributed by atoms with E-state index in [1.807, 2.05) is 13.0 Å². The second-order valence-corrected chi connectivity index (χ2v) is 6.26. The third-order valence-corrected chi connectivity index (χ3v) is 3.86. The zero-order chi connectivity index (χ0) is 18.1. The van der Waals surface area contributed by atoms with E-state index in [4.69, 9.17) is 9.26 Å². The number of benzene rings is 1. The third kappa shape index (κ3) is 6.95. The largest absolute Gasteiger partial charge is 0.493 e. The molecule has 1 amide bonds. The molecule has 0 saturated heterocycles. The molecule has 0 radical (unpaired) electrons. The minimum Gasteiger partial charge on any atom is -0.493 e. The lowest BCUT2D eigenvalue weighted by Gasteiger charge is -2.10. The molecule has 1 N–H and O–H groups in total. The van der Waals surface area contributed by atoms with Crippen molar-refractivity contribution in [1.82, 2.24) is 15.5 Å². The van der Waals surface area contributed by atoms with Crippen molar-refractivity contribution < 1.29 is 14.1 Å². The summed E-state index contributed by atoms with van der Waals surface area (Å²) in [6, 6.07) is 6.19. The fourth-order valence-electron chi connectivity index (χ4n) is 2.43. The van der Waals surface area contributed by atoms with Crippen LogP contribution >= 0.6 is 0 Å². The van der Waals surface area contributed by atoms with Crippen LogP contribution in [0.4, 0.5) is 0 Å². The molecule has 2 aromatic rings. The van der Waals surface area contributed by atoms with E-state index in [1.165, 1.54) is 5.56 Å². The van der Waals surface area contributed by atoms with Gasteiger partial charge in [0.15, 0.2) is 5.82 Å². The molecule has 0 aliphatic carbocycles. The molecule has 0 saturated carbocycles. The summed E-state index contributed by atoms with van der Waals surface area (Å²) in [5.74, 6) is 2.27. The topological polar surface area (TPSA) is 77.2 Å². The number of amides is 1. The number of rotatable bonds is 10. The van der Waals surface area contributed by atoms with Crippen LogP contribution in [0.2, 0.25) is 0 Å². The normalized spacial score (nSPS) is 10.7. The zero-order valence-corrected chi connectivity index (χ0v) is 15.3. The quantitative estimate of drug-likeness (QED) is 0.669. The van der Waals surface area contributed by atoms with Crippen LogP contribution in [0.5, 0.6) is 5.75 Å². The first-order chi connectivity index (χ1) is 12.0. The summed E-state index contributed by atoms with van der Waals surface area (Å²) in [5, 5.41) is 6.65. The molecule has 2 rings (SSSR count). The molecular weight excluding hydrogens is 318 g/mol. The van der Waals surface area contributed by atoms with Gasteiger partial charge in [0.25, 0.3) is 0 Å². The summed E-state index contributed by atoms with van der Waals surface area (Å²) in [6.07, 6.45) is 3.69. The van der Waals surface area contributed by atoms with E-state index in [0.717, 1.165) is 30.6 Å². The lowest BCUT2D eigenvalue weighted by atomic mass is 10.1. The second-order valence-electron chi connectivity index (χ2n) is 6.26. The van der Waals surface area contributed by atoms with Gasteiger partial charge >= 0.3 is 0 Å². The number of carbonyl (C=O) groups excluding carboxylic acids is 1. The molecule has 1 aromatic heterocycles. The van der Waals surface area contributed by atoms with Crippen molar-refractivity contribution in [1.29, 1.82) is 0 Å². The van der Waals surface area contributed by atoms with E-state index in [9.17, 15) is 4.79 Å². The van der Waals surface area contributed by atoms with Crippen molar-refractivity contribution in [3.05, 3.63) is 41.0 Å². The van der Waals surface area contributed by atoms with Gasteiger partial charge in [-0.15, -0.1) is 0 Å². The van der Waals surface area contributed by atoms with Crippen LogP contribution in [0, 0.1) is 20.8 Å². The van der Waals surface area contributed by atoms with Gasteiger partial charge in [0.1, 0.15) is 5.75 Å². The first-order valence-corrected chi connectivity index (χ1v) is 8.80. The number of unbranched alkanes of at least 4 members (excludes halogenated alkanes) is 1. The lowest BCUT2D eigenvalue weighted by molar-refractivity contribution is -0.121. The smallest absolute Gasteiger partial charge is 0.226 e. The Kier molecular flexibility index (Phi) is 7.44. The van der Waals surface area contributed by atoms with Gasteiger partial charge in [0.05, 0.1) is 6.61 Å². The summed E-state index contributed by atoms with van der Waals surface area (Å²) in [6.45, 7) is 7.14. The number of aromatic nitrogens is 2. The maximum absolute atomic E-state index is 11.8. The number of nitrogens with zero attached hydrogens (tertiary/aromatic N) is 2. The lowest BCUT2D eigenvalue weighted by Crippen LogP contribution is -2.24. The molecule has 6 heteroatoms. The Morgan fingerprint density at radius 2 is 2.04 bits per heavy atom. The Morgan fingerprint density at radius 1 is 1.20 bits per heavy atom. The maximum atomic E-state index is 11.8. The van der Waals surface area contributed by atoms with E-state index >= 15 is 0 Å². The predicted molar refractivity (Wildman–Crippen MR) is 95.6 cm³/mol. The monoisotopic (exact) mass is 345 g/mol. The molecule has 25 heavy (non-hydrogen) atoms. The van der Waals surface area contributed by atoms with E-state index < -0.39 is 0 Å². The van der Waals surface area contributed by atoms with E-state index in [1.54, 1.807) is 6.92 Å². The number of hydrogen-bond donors (Lipinski definition) is 1. The molecule has 1 aromatic carbocycles. The number of aryl methyl sites for hydroxylation is 4. The minimum absolute atomic E-state index is 0.0773. The Balaban J connectivity index is 1.51. The maximum Gasteiger partial charge on any atom is 0.226 e. The van der Waals surface area contributed by atoms with Gasteiger partial charge in [0, 0.05) is 19.4 Å². The first-order valence-electron chi connectivity index (χ1n) is 8.80. The van der Waals surface area contributed by atoms with Crippen LogP contribution < -0.4 is 10.1 Å². The van der Waals surface area contributed by atoms with Crippen LogP contribution in [0.15, 0.2) is 22.7 Å². The van der Waals surface area contributed by atoms with Gasteiger partial charge < -0.3 is 14.6 Å². The molecule has 6 nitrogen and oxygen atoms in total. The van der Waals surface area contributed by atoms with Gasteiger partial charge in [0.2, 0.25) is 11.8 Å². The first kappa shape index (κ1) is 19.0. The highest BCUT2D eigenvalue weighted by Gasteiger charge is 2.05. The Bertz CT molecular complexity index is 682. The number of hydrogen-bond acceptors (Lipinski definition) is 5. The standard InChI is InChI=1S/C19H27N3O3/c1-14-9-10-15(2)17(13-14)24-12-5-4-7-18(23)20-11-6-8-19-21-16(3)22-25-19/h9-10,13H,4-8,11-12H2,1-3H3,(H,20,23). The Hall–Kier alpha value is -2.37. The fraction of sp³-hybridized carbons (Fsp3) is 0.526. The molecule has 0 unspecified atom stereocenters. The van der Waals surface area contributed by atoms with E-state index in [2.05, 4.69) is 34.5 Å². The minimum atomic E-state index is 0.0773. The Morgan fingerprint density at radius 3 is 2.80 bits per heavy atom. The number of carbonyl (C=O) groups is 1. The van der Waals surface area contributed by atoms with Gasteiger partial charge in [-0.1, -0.05) is 17.3 Å². The third-order valence-electron chi connectivity index (χ3n) is 3.86. The van der Waals surface area contributed by atoms with Crippen molar-refractivity contribution in [2.24, 2.45) is 0 Å². The second kappa shape index (κ2) is 9.81. The molecule has 1 heterocycles. The highest BCUT2D eigenvalue weighted by molar-refractivity contribution is 5.75. The highest BCUT2D eigenvalue weighted by atomic mass is 16.5. The molecule has 0 aliphatic rings. The summed E-state index contributed by atoms with van der Waals surface area (Å²) in [7, 11) is 0.